The Hall–Kier alpha value is -1.81. The summed E-state index contributed by atoms with van der Waals surface area (Å²) in [5, 5.41) is 0. The number of nitrogens with two attached hydrogens (primary N) is 1. The summed E-state index contributed by atoms with van der Waals surface area (Å²) in [5.74, 6) is 0.693. The van der Waals surface area contributed by atoms with Gasteiger partial charge in [-0.05, 0) is 66.9 Å². The van der Waals surface area contributed by atoms with Crippen LogP contribution in [0.15, 0.2) is 28.7 Å². The molecule has 0 bridgehead atoms. The van der Waals surface area contributed by atoms with Crippen LogP contribution in [0.5, 0.6) is 0 Å². The molecule has 0 aliphatic heterocycles. The number of hydrogen-bond donors (Lipinski definition) is 1. The molecule has 3 nitrogen and oxygen atoms in total. The van der Waals surface area contributed by atoms with Gasteiger partial charge in [-0.2, -0.15) is 0 Å². The van der Waals surface area contributed by atoms with Crippen molar-refractivity contribution in [3.8, 4) is 11.3 Å². The van der Waals surface area contributed by atoms with E-state index in [4.69, 9.17) is 10.7 Å². The fraction of sp³-hybridized carbons (Fsp3) is 0.235. The SMILES string of the molecule is Cc1cc(C)c(-c2nc3ccc(Br)c(C)n3c2N)c(C)c1. The van der Waals surface area contributed by atoms with Gasteiger partial charge < -0.3 is 5.73 Å². The number of imidazole rings is 1. The van der Waals surface area contributed by atoms with E-state index in [1.54, 1.807) is 0 Å². The van der Waals surface area contributed by atoms with E-state index in [-0.39, 0.29) is 0 Å². The number of rotatable bonds is 1. The van der Waals surface area contributed by atoms with Crippen molar-refractivity contribution in [2.24, 2.45) is 0 Å². The maximum Gasteiger partial charge on any atom is 0.139 e. The van der Waals surface area contributed by atoms with Crippen molar-refractivity contribution in [3.63, 3.8) is 0 Å². The molecule has 108 valence electrons. The zero-order chi connectivity index (χ0) is 15.3. The van der Waals surface area contributed by atoms with Crippen LogP contribution < -0.4 is 5.73 Å². The van der Waals surface area contributed by atoms with Crippen LogP contribution in [0.1, 0.15) is 22.4 Å². The van der Waals surface area contributed by atoms with Crippen molar-refractivity contribution in [2.75, 3.05) is 5.73 Å². The van der Waals surface area contributed by atoms with Gasteiger partial charge in [0.1, 0.15) is 17.2 Å². The summed E-state index contributed by atoms with van der Waals surface area (Å²) in [7, 11) is 0. The average molecular weight is 344 g/mol. The van der Waals surface area contributed by atoms with Crippen molar-refractivity contribution < 1.29 is 0 Å². The van der Waals surface area contributed by atoms with E-state index in [2.05, 4.69) is 48.8 Å². The van der Waals surface area contributed by atoms with Crippen LogP contribution in [0, 0.1) is 27.7 Å². The van der Waals surface area contributed by atoms with Crippen LogP contribution in [0.25, 0.3) is 16.9 Å². The number of aryl methyl sites for hydroxylation is 4. The molecule has 0 radical (unpaired) electrons. The fourth-order valence-electron chi connectivity index (χ4n) is 3.03. The van der Waals surface area contributed by atoms with Gasteiger partial charge >= 0.3 is 0 Å². The minimum absolute atomic E-state index is 0.693. The molecule has 0 aliphatic rings. The molecule has 2 N–H and O–H groups in total. The smallest absolute Gasteiger partial charge is 0.139 e. The molecular weight excluding hydrogens is 326 g/mol. The summed E-state index contributed by atoms with van der Waals surface area (Å²) >= 11 is 3.55. The zero-order valence-electron chi connectivity index (χ0n) is 12.7. The Morgan fingerprint density at radius 1 is 1.05 bits per heavy atom. The lowest BCUT2D eigenvalue weighted by molar-refractivity contribution is 1.09. The summed E-state index contributed by atoms with van der Waals surface area (Å²) in [5.41, 5.74) is 14.0. The standard InChI is InChI=1S/C17H18BrN3/c1-9-7-10(2)15(11(3)8-9)16-17(19)21-12(4)13(18)5-6-14(21)20-16/h5-8H,19H2,1-4H3. The molecule has 2 heterocycles. The molecule has 0 atom stereocenters. The van der Waals surface area contributed by atoms with Gasteiger partial charge in [-0.25, -0.2) is 4.98 Å². The molecule has 0 saturated carbocycles. The Morgan fingerprint density at radius 2 is 1.67 bits per heavy atom. The van der Waals surface area contributed by atoms with Crippen molar-refractivity contribution >= 4 is 27.4 Å². The first kappa shape index (κ1) is 14.1. The molecule has 21 heavy (non-hydrogen) atoms. The monoisotopic (exact) mass is 343 g/mol. The zero-order valence-corrected chi connectivity index (χ0v) is 14.2. The predicted molar refractivity (Wildman–Crippen MR) is 91.7 cm³/mol. The van der Waals surface area contributed by atoms with Crippen LogP contribution in [0.2, 0.25) is 0 Å². The normalized spacial score (nSPS) is 11.3. The Morgan fingerprint density at radius 3 is 2.29 bits per heavy atom. The molecule has 2 aromatic heterocycles. The third-order valence-corrected chi connectivity index (χ3v) is 4.75. The molecule has 0 amide bonds. The molecule has 4 heteroatoms. The topological polar surface area (TPSA) is 43.3 Å². The van der Waals surface area contributed by atoms with Crippen molar-refractivity contribution in [1.82, 2.24) is 9.38 Å². The number of hydrogen-bond acceptors (Lipinski definition) is 2. The number of anilines is 1. The van der Waals surface area contributed by atoms with Gasteiger partial charge in [-0.3, -0.25) is 4.40 Å². The first-order chi connectivity index (χ1) is 9.90. The van der Waals surface area contributed by atoms with Gasteiger partial charge in [-0.15, -0.1) is 0 Å². The summed E-state index contributed by atoms with van der Waals surface area (Å²) < 4.78 is 3.03. The van der Waals surface area contributed by atoms with Gasteiger partial charge in [0.2, 0.25) is 0 Å². The number of aromatic nitrogens is 2. The number of nitrogens with zero attached hydrogens (tertiary/aromatic N) is 2. The highest BCUT2D eigenvalue weighted by Crippen LogP contribution is 2.34. The molecule has 0 unspecified atom stereocenters. The number of fused-ring (bicyclic) bond motifs is 1. The van der Waals surface area contributed by atoms with Crippen molar-refractivity contribution in [2.45, 2.75) is 27.7 Å². The van der Waals surface area contributed by atoms with Gasteiger partial charge in [-0.1, -0.05) is 17.7 Å². The Kier molecular flexibility index (Phi) is 3.29. The highest BCUT2D eigenvalue weighted by Gasteiger charge is 2.17. The lowest BCUT2D eigenvalue weighted by Gasteiger charge is -2.10. The first-order valence-electron chi connectivity index (χ1n) is 6.91. The number of nitrogen functional groups attached to an aromatic ring is 1. The van der Waals surface area contributed by atoms with Crippen molar-refractivity contribution in [1.29, 1.82) is 0 Å². The van der Waals surface area contributed by atoms with Gasteiger partial charge in [0, 0.05) is 15.7 Å². The van der Waals surface area contributed by atoms with E-state index in [0.717, 1.165) is 27.1 Å². The minimum atomic E-state index is 0.693. The number of benzene rings is 1. The lowest BCUT2D eigenvalue weighted by Crippen LogP contribution is -1.99. The van der Waals surface area contributed by atoms with E-state index >= 15 is 0 Å². The van der Waals surface area contributed by atoms with E-state index in [1.165, 1.54) is 16.7 Å². The van der Waals surface area contributed by atoms with Gasteiger partial charge in [0.05, 0.1) is 0 Å². The summed E-state index contributed by atoms with van der Waals surface area (Å²) in [6.07, 6.45) is 0. The molecule has 0 spiro atoms. The van der Waals surface area contributed by atoms with Gasteiger partial charge in [0.25, 0.3) is 0 Å². The maximum absolute atomic E-state index is 6.40. The largest absolute Gasteiger partial charge is 0.383 e. The second-order valence-electron chi connectivity index (χ2n) is 5.58. The Balaban J connectivity index is 2.37. The predicted octanol–water partition coefficient (Wildman–Crippen LogP) is 4.58. The Bertz CT molecular complexity index is 839. The molecule has 0 saturated heterocycles. The Labute approximate surface area is 132 Å². The van der Waals surface area contributed by atoms with Gasteiger partial charge in [0.15, 0.2) is 0 Å². The van der Waals surface area contributed by atoms with Crippen LogP contribution in [-0.2, 0) is 0 Å². The summed E-state index contributed by atoms with van der Waals surface area (Å²) in [6, 6.07) is 8.34. The second-order valence-corrected chi connectivity index (χ2v) is 6.43. The fourth-order valence-corrected chi connectivity index (χ4v) is 3.34. The van der Waals surface area contributed by atoms with Crippen LogP contribution in [0.3, 0.4) is 0 Å². The van der Waals surface area contributed by atoms with Crippen molar-refractivity contribution in [3.05, 3.63) is 51.1 Å². The third kappa shape index (κ3) is 2.14. The number of pyridine rings is 1. The summed E-state index contributed by atoms with van der Waals surface area (Å²) in [6.45, 7) is 8.37. The highest BCUT2D eigenvalue weighted by molar-refractivity contribution is 9.10. The quantitative estimate of drug-likeness (QED) is 0.702. The molecular formula is C17H18BrN3. The van der Waals surface area contributed by atoms with E-state index in [1.807, 2.05) is 23.5 Å². The van der Waals surface area contributed by atoms with Crippen LogP contribution in [-0.4, -0.2) is 9.38 Å². The maximum atomic E-state index is 6.40. The first-order valence-corrected chi connectivity index (χ1v) is 7.70. The molecule has 3 rings (SSSR count). The average Bonchev–Trinajstić information content (AvgIpc) is 2.71. The van der Waals surface area contributed by atoms with Crippen LogP contribution in [0.4, 0.5) is 5.82 Å². The molecule has 0 fully saturated rings. The summed E-state index contributed by atoms with van der Waals surface area (Å²) in [4.78, 5) is 4.75. The number of halogens is 1. The minimum Gasteiger partial charge on any atom is -0.383 e. The lowest BCUT2D eigenvalue weighted by atomic mass is 9.97. The third-order valence-electron chi connectivity index (χ3n) is 3.91. The van der Waals surface area contributed by atoms with Crippen LogP contribution >= 0.6 is 15.9 Å². The highest BCUT2D eigenvalue weighted by atomic mass is 79.9. The second kappa shape index (κ2) is 4.88. The van der Waals surface area contributed by atoms with E-state index in [0.29, 0.717) is 5.82 Å². The van der Waals surface area contributed by atoms with E-state index < -0.39 is 0 Å². The molecule has 3 aromatic rings. The molecule has 0 aliphatic carbocycles. The van der Waals surface area contributed by atoms with E-state index in [9.17, 15) is 0 Å². The molecule has 1 aromatic carbocycles.